The molecule has 1 heterocycles. The van der Waals surface area contributed by atoms with Crippen molar-refractivity contribution in [3.05, 3.63) is 35.9 Å². The van der Waals surface area contributed by atoms with Crippen LogP contribution in [0.3, 0.4) is 0 Å². The molecule has 3 nitrogen and oxygen atoms in total. The van der Waals surface area contributed by atoms with E-state index in [0.717, 1.165) is 25.7 Å². The van der Waals surface area contributed by atoms with Crippen LogP contribution in [0.4, 0.5) is 0 Å². The average molecular weight is 275 g/mol. The van der Waals surface area contributed by atoms with E-state index in [1.54, 1.807) is 0 Å². The largest absolute Gasteiger partial charge is 0.313 e. The summed E-state index contributed by atoms with van der Waals surface area (Å²) in [7, 11) is 4.43. The van der Waals surface area contributed by atoms with E-state index >= 15 is 0 Å². The lowest BCUT2D eigenvalue weighted by molar-refractivity contribution is 0.313. The highest BCUT2D eigenvalue weighted by atomic mass is 15.2. The maximum atomic E-state index is 3.69. The zero-order valence-corrected chi connectivity index (χ0v) is 13.2. The van der Waals surface area contributed by atoms with Crippen LogP contribution in [0.15, 0.2) is 30.3 Å². The first-order chi connectivity index (χ1) is 9.65. The van der Waals surface area contributed by atoms with Crippen LogP contribution in [0.2, 0.25) is 0 Å². The molecule has 2 rings (SSSR count). The van der Waals surface area contributed by atoms with E-state index < -0.39 is 0 Å². The molecule has 1 saturated heterocycles. The summed E-state index contributed by atoms with van der Waals surface area (Å²) in [5.41, 5.74) is 1.40. The van der Waals surface area contributed by atoms with Crippen molar-refractivity contribution in [1.82, 2.24) is 15.1 Å². The number of nitrogens with one attached hydrogen (secondary N) is 1. The van der Waals surface area contributed by atoms with Gasteiger partial charge in [0.1, 0.15) is 0 Å². The monoisotopic (exact) mass is 275 g/mol. The number of hydrogen-bond donors (Lipinski definition) is 1. The summed E-state index contributed by atoms with van der Waals surface area (Å²) >= 11 is 0. The van der Waals surface area contributed by atoms with Gasteiger partial charge >= 0.3 is 0 Å². The fraction of sp³-hybridized carbons (Fsp3) is 0.647. The SMILES string of the molecule is CC1CC(NCCCN(C)Cc2ccccc2)CN1C. The second-order valence-corrected chi connectivity index (χ2v) is 6.25. The topological polar surface area (TPSA) is 18.5 Å². The van der Waals surface area contributed by atoms with Gasteiger partial charge in [-0.1, -0.05) is 30.3 Å². The molecule has 1 fully saturated rings. The Balaban J connectivity index is 1.57. The number of likely N-dealkylation sites (N-methyl/N-ethyl adjacent to an activating group) is 1. The normalized spacial score (nSPS) is 23.6. The number of nitrogens with zero attached hydrogens (tertiary/aromatic N) is 2. The minimum Gasteiger partial charge on any atom is -0.313 e. The summed E-state index contributed by atoms with van der Waals surface area (Å²) in [6.45, 7) is 6.84. The van der Waals surface area contributed by atoms with Gasteiger partial charge in [0.25, 0.3) is 0 Å². The quantitative estimate of drug-likeness (QED) is 0.770. The Bertz CT molecular complexity index is 369. The first-order valence-electron chi connectivity index (χ1n) is 7.81. The smallest absolute Gasteiger partial charge is 0.0230 e. The first kappa shape index (κ1) is 15.5. The highest BCUT2D eigenvalue weighted by molar-refractivity contribution is 5.14. The number of likely N-dealkylation sites (tertiary alicyclic amines) is 1. The molecule has 0 aromatic heterocycles. The summed E-state index contributed by atoms with van der Waals surface area (Å²) in [6, 6.07) is 12.1. The predicted molar refractivity (Wildman–Crippen MR) is 85.9 cm³/mol. The summed E-state index contributed by atoms with van der Waals surface area (Å²) in [5.74, 6) is 0. The maximum absolute atomic E-state index is 3.69. The van der Waals surface area contributed by atoms with Crippen LogP contribution in [0.1, 0.15) is 25.3 Å². The third-order valence-corrected chi connectivity index (χ3v) is 4.33. The highest BCUT2D eigenvalue weighted by Gasteiger charge is 2.25. The van der Waals surface area contributed by atoms with Crippen molar-refractivity contribution >= 4 is 0 Å². The summed E-state index contributed by atoms with van der Waals surface area (Å²) in [4.78, 5) is 4.85. The summed E-state index contributed by atoms with van der Waals surface area (Å²) in [5, 5.41) is 3.69. The van der Waals surface area contributed by atoms with Crippen LogP contribution in [-0.2, 0) is 6.54 Å². The van der Waals surface area contributed by atoms with Crippen molar-refractivity contribution in [3.63, 3.8) is 0 Å². The highest BCUT2D eigenvalue weighted by Crippen LogP contribution is 2.14. The molecule has 20 heavy (non-hydrogen) atoms. The Labute approximate surface area is 124 Å². The van der Waals surface area contributed by atoms with Gasteiger partial charge in [-0.3, -0.25) is 0 Å². The van der Waals surface area contributed by atoms with E-state index in [-0.39, 0.29) is 0 Å². The molecule has 0 bridgehead atoms. The third-order valence-electron chi connectivity index (χ3n) is 4.33. The molecule has 1 aliphatic heterocycles. The van der Waals surface area contributed by atoms with Gasteiger partial charge in [-0.15, -0.1) is 0 Å². The minimum absolute atomic E-state index is 0.689. The van der Waals surface area contributed by atoms with Gasteiger partial charge in [0.05, 0.1) is 0 Å². The second-order valence-electron chi connectivity index (χ2n) is 6.25. The molecule has 0 amide bonds. The minimum atomic E-state index is 0.689. The molecule has 112 valence electrons. The molecular formula is C17H29N3. The van der Waals surface area contributed by atoms with Gasteiger partial charge in [0.15, 0.2) is 0 Å². The van der Waals surface area contributed by atoms with Gasteiger partial charge < -0.3 is 15.1 Å². The lowest BCUT2D eigenvalue weighted by Gasteiger charge is -2.18. The van der Waals surface area contributed by atoms with Crippen molar-refractivity contribution in [2.24, 2.45) is 0 Å². The summed E-state index contributed by atoms with van der Waals surface area (Å²) in [6.07, 6.45) is 2.51. The van der Waals surface area contributed by atoms with Crippen molar-refractivity contribution in [1.29, 1.82) is 0 Å². The Kier molecular flexibility index (Phi) is 6.02. The number of hydrogen-bond acceptors (Lipinski definition) is 3. The molecule has 0 radical (unpaired) electrons. The van der Waals surface area contributed by atoms with Crippen LogP contribution in [-0.4, -0.2) is 55.6 Å². The zero-order valence-electron chi connectivity index (χ0n) is 13.2. The van der Waals surface area contributed by atoms with E-state index in [1.165, 1.54) is 24.9 Å². The molecule has 3 heteroatoms. The predicted octanol–water partition coefficient (Wildman–Crippen LogP) is 2.19. The number of benzene rings is 1. The third kappa shape index (κ3) is 4.89. The van der Waals surface area contributed by atoms with Crippen LogP contribution in [0.25, 0.3) is 0 Å². The standard InChI is InChI=1S/C17H29N3/c1-15-12-17(14-20(15)3)18-10-7-11-19(2)13-16-8-5-4-6-9-16/h4-6,8-9,15,17-18H,7,10-14H2,1-3H3. The molecule has 2 unspecified atom stereocenters. The fourth-order valence-corrected chi connectivity index (χ4v) is 2.97. The van der Waals surface area contributed by atoms with Crippen LogP contribution in [0.5, 0.6) is 0 Å². The molecule has 0 spiro atoms. The first-order valence-corrected chi connectivity index (χ1v) is 7.81. The lowest BCUT2D eigenvalue weighted by atomic mass is 10.2. The van der Waals surface area contributed by atoms with Crippen molar-refractivity contribution in [2.45, 2.75) is 38.4 Å². The van der Waals surface area contributed by atoms with Crippen LogP contribution < -0.4 is 5.32 Å². The Morgan fingerprint density at radius 2 is 2.05 bits per heavy atom. The lowest BCUT2D eigenvalue weighted by Crippen LogP contribution is -2.33. The Hall–Kier alpha value is -0.900. The molecule has 0 saturated carbocycles. The van der Waals surface area contributed by atoms with Crippen LogP contribution in [0, 0.1) is 0 Å². The molecule has 2 atom stereocenters. The van der Waals surface area contributed by atoms with E-state index in [9.17, 15) is 0 Å². The summed E-state index contributed by atoms with van der Waals surface area (Å²) < 4.78 is 0. The Morgan fingerprint density at radius 3 is 2.70 bits per heavy atom. The maximum Gasteiger partial charge on any atom is 0.0230 e. The van der Waals surface area contributed by atoms with Gasteiger partial charge in [0.2, 0.25) is 0 Å². The Morgan fingerprint density at radius 1 is 1.30 bits per heavy atom. The fourth-order valence-electron chi connectivity index (χ4n) is 2.97. The molecule has 1 aliphatic rings. The molecule has 1 aromatic rings. The van der Waals surface area contributed by atoms with Crippen molar-refractivity contribution in [2.75, 3.05) is 33.7 Å². The number of rotatable bonds is 7. The van der Waals surface area contributed by atoms with Crippen molar-refractivity contribution < 1.29 is 0 Å². The molecule has 1 N–H and O–H groups in total. The average Bonchev–Trinajstić information content (AvgIpc) is 2.75. The van der Waals surface area contributed by atoms with E-state index in [1.807, 2.05) is 0 Å². The van der Waals surface area contributed by atoms with Gasteiger partial charge in [-0.2, -0.15) is 0 Å². The molecule has 0 aliphatic carbocycles. The van der Waals surface area contributed by atoms with Crippen LogP contribution >= 0.6 is 0 Å². The molecule has 1 aromatic carbocycles. The van der Waals surface area contributed by atoms with Gasteiger partial charge in [-0.25, -0.2) is 0 Å². The van der Waals surface area contributed by atoms with Gasteiger partial charge in [0, 0.05) is 25.2 Å². The second kappa shape index (κ2) is 7.77. The van der Waals surface area contributed by atoms with E-state index in [2.05, 4.69) is 66.5 Å². The zero-order chi connectivity index (χ0) is 14.4. The van der Waals surface area contributed by atoms with Crippen molar-refractivity contribution in [3.8, 4) is 0 Å². The van der Waals surface area contributed by atoms with Gasteiger partial charge in [-0.05, 0) is 52.5 Å². The van der Waals surface area contributed by atoms with E-state index in [0.29, 0.717) is 6.04 Å². The van der Waals surface area contributed by atoms with E-state index in [4.69, 9.17) is 0 Å². The molecular weight excluding hydrogens is 246 g/mol.